The van der Waals surface area contributed by atoms with E-state index in [2.05, 4.69) is 133 Å². The number of methoxy groups -OCH3 is 2. The maximum Gasteiger partial charge on any atom is 0.124 e. The van der Waals surface area contributed by atoms with Crippen LogP contribution < -0.4 is 20.1 Å². The second kappa shape index (κ2) is 13.3. The molecule has 0 N–H and O–H groups in total. The van der Waals surface area contributed by atoms with Gasteiger partial charge >= 0.3 is 0 Å². The highest BCUT2D eigenvalue weighted by atomic mass is 31.1. The summed E-state index contributed by atoms with van der Waals surface area (Å²) in [6, 6.07) is 32.0. The molecule has 0 saturated carbocycles. The van der Waals surface area contributed by atoms with Crippen LogP contribution in [0, 0.1) is 39.0 Å². The first-order chi connectivity index (χ1) is 19.7. The highest BCUT2D eigenvalue weighted by molar-refractivity contribution is 7.73. The van der Waals surface area contributed by atoms with E-state index in [0.717, 1.165) is 24.3 Å². The summed E-state index contributed by atoms with van der Waals surface area (Å²) in [6.45, 7) is 16.0. The lowest BCUT2D eigenvalue weighted by atomic mass is 9.66. The van der Waals surface area contributed by atoms with Crippen LogP contribution in [0.25, 0.3) is 0 Å². The van der Waals surface area contributed by atoms with Crippen LogP contribution in [0.4, 0.5) is 0 Å². The maximum atomic E-state index is 5.83. The summed E-state index contributed by atoms with van der Waals surface area (Å²) in [6.07, 6.45) is 2.11. The average molecular weight is 567 g/mol. The maximum absolute atomic E-state index is 5.83. The summed E-state index contributed by atoms with van der Waals surface area (Å²) in [5.74, 6) is 2.43. The van der Waals surface area contributed by atoms with E-state index in [9.17, 15) is 0 Å². The zero-order chi connectivity index (χ0) is 29.7. The second-order valence-electron chi connectivity index (χ2n) is 11.8. The van der Waals surface area contributed by atoms with Crippen molar-refractivity contribution in [3.63, 3.8) is 0 Å². The Morgan fingerprint density at radius 2 is 1.07 bits per heavy atom. The third kappa shape index (κ3) is 6.24. The van der Waals surface area contributed by atoms with Gasteiger partial charge in [0.15, 0.2) is 0 Å². The van der Waals surface area contributed by atoms with Crippen LogP contribution in [-0.2, 0) is 6.42 Å². The summed E-state index contributed by atoms with van der Waals surface area (Å²) in [4.78, 5) is 0. The fourth-order valence-electron chi connectivity index (χ4n) is 6.92. The molecule has 0 amide bonds. The third-order valence-corrected chi connectivity index (χ3v) is 11.9. The van der Waals surface area contributed by atoms with E-state index in [1.165, 1.54) is 44.0 Å². The molecule has 216 valence electrons. The van der Waals surface area contributed by atoms with E-state index in [4.69, 9.17) is 9.47 Å². The van der Waals surface area contributed by atoms with Gasteiger partial charge in [-0.15, -0.1) is 0 Å². The lowest BCUT2D eigenvalue weighted by Crippen LogP contribution is -2.38. The van der Waals surface area contributed by atoms with Crippen molar-refractivity contribution in [2.24, 2.45) is 11.3 Å². The van der Waals surface area contributed by atoms with Gasteiger partial charge in [-0.1, -0.05) is 81.4 Å². The quantitative estimate of drug-likeness (QED) is 0.168. The van der Waals surface area contributed by atoms with Crippen LogP contribution in [0.1, 0.15) is 66.2 Å². The van der Waals surface area contributed by atoms with Gasteiger partial charge in [0.25, 0.3) is 0 Å². The van der Waals surface area contributed by atoms with Crippen LogP contribution in [0.3, 0.4) is 0 Å². The molecule has 2 unspecified atom stereocenters. The van der Waals surface area contributed by atoms with Crippen LogP contribution in [0.2, 0.25) is 0 Å². The van der Waals surface area contributed by atoms with E-state index >= 15 is 0 Å². The van der Waals surface area contributed by atoms with Gasteiger partial charge in [-0.05, 0) is 128 Å². The highest BCUT2D eigenvalue weighted by Crippen LogP contribution is 2.63. The first-order valence-corrected chi connectivity index (χ1v) is 16.3. The summed E-state index contributed by atoms with van der Waals surface area (Å²) in [5.41, 5.74) is 7.92. The molecule has 4 rings (SSSR count). The number of aryl methyl sites for hydroxylation is 4. The Morgan fingerprint density at radius 3 is 1.44 bits per heavy atom. The number of benzene rings is 4. The van der Waals surface area contributed by atoms with Crippen molar-refractivity contribution in [2.45, 2.75) is 67.0 Å². The van der Waals surface area contributed by atoms with Crippen LogP contribution in [-0.4, -0.2) is 14.2 Å². The highest BCUT2D eigenvalue weighted by Gasteiger charge is 2.46. The zero-order valence-corrected chi connectivity index (χ0v) is 27.3. The largest absolute Gasteiger partial charge is 0.496 e. The van der Waals surface area contributed by atoms with Crippen LogP contribution in [0.15, 0.2) is 84.9 Å². The topological polar surface area (TPSA) is 18.5 Å². The minimum absolute atomic E-state index is 0.0257. The predicted octanol–water partition coefficient (Wildman–Crippen LogP) is 9.41. The standard InChI is InChI=1S/C38H47O2P/c1-10-38(26(2)3,25-31-17-13-11-14-18-31)37(32-19-15-12-16-20-32)41(33-21-27(4)35(39-8)28(5)22-33)34-23-29(6)36(40-9)30(7)24-34/h11-24,26,37H,10,25H2,1-9H3. The molecule has 0 fully saturated rings. The third-order valence-electron chi connectivity index (χ3n) is 8.96. The van der Waals surface area contributed by atoms with Crippen molar-refractivity contribution in [1.82, 2.24) is 0 Å². The molecule has 0 aliphatic rings. The monoisotopic (exact) mass is 566 g/mol. The Bertz CT molecular complexity index is 1340. The first-order valence-electron chi connectivity index (χ1n) is 14.8. The van der Waals surface area contributed by atoms with Crippen molar-refractivity contribution < 1.29 is 9.47 Å². The number of rotatable bonds is 11. The molecule has 3 heteroatoms. The van der Waals surface area contributed by atoms with Crippen molar-refractivity contribution >= 4 is 18.5 Å². The van der Waals surface area contributed by atoms with E-state index in [0.29, 0.717) is 11.6 Å². The van der Waals surface area contributed by atoms with Crippen LogP contribution in [0.5, 0.6) is 11.5 Å². The Kier molecular flexibility index (Phi) is 9.98. The second-order valence-corrected chi connectivity index (χ2v) is 14.1. The molecule has 0 aliphatic carbocycles. The Hall–Kier alpha value is -3.09. The fraction of sp³-hybridized carbons (Fsp3) is 0.368. The van der Waals surface area contributed by atoms with Crippen molar-refractivity contribution in [1.29, 1.82) is 0 Å². The molecule has 0 heterocycles. The van der Waals surface area contributed by atoms with Crippen molar-refractivity contribution in [2.75, 3.05) is 14.2 Å². The normalized spacial score (nSPS) is 13.7. The van der Waals surface area contributed by atoms with Gasteiger partial charge in [0, 0.05) is 5.66 Å². The molecule has 0 spiro atoms. The van der Waals surface area contributed by atoms with E-state index < -0.39 is 7.92 Å². The molecule has 0 saturated heterocycles. The van der Waals surface area contributed by atoms with E-state index in [-0.39, 0.29) is 5.41 Å². The minimum Gasteiger partial charge on any atom is -0.496 e. The minimum atomic E-state index is -0.824. The Labute approximate surface area is 249 Å². The SMILES string of the molecule is CCC(Cc1ccccc1)(C(C)C)C(c1ccccc1)P(c1cc(C)c(OC)c(C)c1)c1cc(C)c(OC)c(C)c1. The Balaban J connectivity index is 2.10. The molecule has 4 aromatic carbocycles. The lowest BCUT2D eigenvalue weighted by molar-refractivity contribution is 0.169. The molecular weight excluding hydrogens is 519 g/mol. The van der Waals surface area contributed by atoms with Gasteiger partial charge in [0.1, 0.15) is 11.5 Å². The van der Waals surface area contributed by atoms with Gasteiger partial charge < -0.3 is 9.47 Å². The molecule has 2 atom stereocenters. The molecule has 0 radical (unpaired) electrons. The van der Waals surface area contributed by atoms with Gasteiger partial charge in [0.2, 0.25) is 0 Å². The molecule has 0 aromatic heterocycles. The molecule has 4 aromatic rings. The number of ether oxygens (including phenoxy) is 2. The summed E-state index contributed by atoms with van der Waals surface area (Å²) in [5, 5.41) is 2.81. The van der Waals surface area contributed by atoms with Gasteiger partial charge in [-0.3, -0.25) is 0 Å². The van der Waals surface area contributed by atoms with Gasteiger partial charge in [-0.25, -0.2) is 0 Å². The number of hydrogen-bond acceptors (Lipinski definition) is 2. The predicted molar refractivity (Wildman–Crippen MR) is 178 cm³/mol. The van der Waals surface area contributed by atoms with Gasteiger partial charge in [-0.2, -0.15) is 0 Å². The smallest absolute Gasteiger partial charge is 0.124 e. The summed E-state index contributed by atoms with van der Waals surface area (Å²) < 4.78 is 11.7. The Morgan fingerprint density at radius 1 is 0.659 bits per heavy atom. The molecular formula is C38H47O2P. The molecule has 2 nitrogen and oxygen atoms in total. The van der Waals surface area contributed by atoms with Crippen LogP contribution >= 0.6 is 7.92 Å². The summed E-state index contributed by atoms with van der Waals surface area (Å²) >= 11 is 0. The molecule has 41 heavy (non-hydrogen) atoms. The van der Waals surface area contributed by atoms with E-state index in [1.807, 2.05) is 0 Å². The van der Waals surface area contributed by atoms with Gasteiger partial charge in [0.05, 0.1) is 14.2 Å². The zero-order valence-electron chi connectivity index (χ0n) is 26.4. The van der Waals surface area contributed by atoms with Crippen molar-refractivity contribution in [3.05, 3.63) is 118 Å². The van der Waals surface area contributed by atoms with E-state index in [1.54, 1.807) is 14.2 Å². The summed E-state index contributed by atoms with van der Waals surface area (Å²) in [7, 11) is 2.73. The molecule has 0 aliphatic heterocycles. The molecule has 0 bridgehead atoms. The average Bonchev–Trinajstić information content (AvgIpc) is 2.95. The lowest BCUT2D eigenvalue weighted by Gasteiger charge is -2.48. The van der Waals surface area contributed by atoms with Crippen molar-refractivity contribution in [3.8, 4) is 11.5 Å². The fourth-order valence-corrected chi connectivity index (χ4v) is 10.7. The first kappa shape index (κ1) is 30.9. The number of hydrogen-bond donors (Lipinski definition) is 0.